The molecule has 1 fully saturated rings. The summed E-state index contributed by atoms with van der Waals surface area (Å²) >= 11 is 0. The summed E-state index contributed by atoms with van der Waals surface area (Å²) in [6.07, 6.45) is 5.56. The Bertz CT molecular complexity index is 1530. The molecule has 8 atom stereocenters. The van der Waals surface area contributed by atoms with E-state index in [-0.39, 0.29) is 59.9 Å². The average Bonchev–Trinajstić information content (AvgIpc) is 3.62. The molecule has 1 saturated heterocycles. The van der Waals surface area contributed by atoms with E-state index >= 15 is 0 Å². The molecule has 2 N–H and O–H groups in total. The summed E-state index contributed by atoms with van der Waals surface area (Å²) in [5.74, 6) is -1.21. The van der Waals surface area contributed by atoms with E-state index in [1.165, 1.54) is 0 Å². The Morgan fingerprint density at radius 3 is 2.24 bits per heavy atom. The summed E-state index contributed by atoms with van der Waals surface area (Å²) < 4.78 is 12.0. The fourth-order valence-corrected chi connectivity index (χ4v) is 8.19. The topological polar surface area (TPSA) is 133 Å². The Hall–Kier alpha value is -3.61. The summed E-state index contributed by atoms with van der Waals surface area (Å²) in [5, 5.41) is 8.32. The van der Waals surface area contributed by atoms with Crippen molar-refractivity contribution >= 4 is 34.4 Å². The molecule has 0 bridgehead atoms. The van der Waals surface area contributed by atoms with Gasteiger partial charge in [0.05, 0.1) is 42.7 Å². The van der Waals surface area contributed by atoms with Crippen molar-refractivity contribution in [2.45, 2.75) is 117 Å². The molecular weight excluding hydrogens is 684 g/mol. The molecule has 3 rings (SSSR count). The van der Waals surface area contributed by atoms with Crippen LogP contribution in [-0.4, -0.2) is 128 Å². The monoisotopic (exact) mass is 753 g/mol. The van der Waals surface area contributed by atoms with Crippen LogP contribution in [0.25, 0.3) is 10.8 Å². The molecule has 1 aliphatic heterocycles. The number of rotatable bonds is 20. The van der Waals surface area contributed by atoms with Crippen molar-refractivity contribution in [3.63, 3.8) is 0 Å². The van der Waals surface area contributed by atoms with Gasteiger partial charge < -0.3 is 29.9 Å². The normalized spacial score (nSPS) is 18.6. The fraction of sp³-hybridized carbons (Fsp3) is 0.690. The molecule has 54 heavy (non-hydrogen) atoms. The maximum atomic E-state index is 14.2. The van der Waals surface area contributed by atoms with Gasteiger partial charge in [-0.1, -0.05) is 73.1 Å². The van der Waals surface area contributed by atoms with Crippen molar-refractivity contribution < 1.29 is 28.7 Å². The number of nitrogens with one attached hydrogen (secondary N) is 2. The van der Waals surface area contributed by atoms with Gasteiger partial charge in [-0.2, -0.15) is 0 Å². The van der Waals surface area contributed by atoms with Gasteiger partial charge >= 0.3 is 0 Å². The predicted octanol–water partition coefficient (Wildman–Crippen LogP) is 4.54. The van der Waals surface area contributed by atoms with E-state index in [0.717, 1.165) is 35.6 Å². The first-order valence-electron chi connectivity index (χ1n) is 19.8. The minimum atomic E-state index is -0.744. The highest BCUT2D eigenvalue weighted by Crippen LogP contribution is 2.30. The van der Waals surface area contributed by atoms with Gasteiger partial charge in [-0.15, -0.1) is 0 Å². The number of aromatic nitrogens is 1. The average molecular weight is 753 g/mol. The lowest BCUT2D eigenvalue weighted by Gasteiger charge is -2.41. The van der Waals surface area contributed by atoms with Gasteiger partial charge in [-0.3, -0.25) is 29.1 Å². The molecule has 2 unspecified atom stereocenters. The number of nitrogens with zero attached hydrogens (tertiary/aromatic N) is 4. The van der Waals surface area contributed by atoms with E-state index in [2.05, 4.69) is 41.6 Å². The van der Waals surface area contributed by atoms with E-state index in [1.54, 1.807) is 32.4 Å². The van der Waals surface area contributed by atoms with Crippen LogP contribution in [0, 0.1) is 23.7 Å². The van der Waals surface area contributed by atoms with Crippen molar-refractivity contribution in [1.29, 1.82) is 0 Å². The lowest BCUT2D eigenvalue weighted by atomic mass is 9.89. The van der Waals surface area contributed by atoms with Gasteiger partial charge in [0.2, 0.25) is 23.6 Å². The van der Waals surface area contributed by atoms with E-state index in [4.69, 9.17) is 9.47 Å². The summed E-state index contributed by atoms with van der Waals surface area (Å²) in [4.78, 5) is 64.8. The maximum absolute atomic E-state index is 14.2. The van der Waals surface area contributed by atoms with Crippen LogP contribution >= 0.6 is 0 Å². The highest BCUT2D eigenvalue weighted by molar-refractivity contribution is 5.90. The van der Waals surface area contributed by atoms with Crippen LogP contribution in [0.5, 0.6) is 0 Å². The molecular formula is C42H68N6O6. The maximum Gasteiger partial charge on any atom is 0.245 e. The van der Waals surface area contributed by atoms with Crippen LogP contribution < -0.4 is 10.6 Å². The molecule has 1 aliphatic rings. The second-order valence-corrected chi connectivity index (χ2v) is 16.1. The van der Waals surface area contributed by atoms with Gasteiger partial charge in [0, 0.05) is 52.1 Å². The molecule has 4 amide bonds. The number of ether oxygens (including phenoxy) is 2. The summed E-state index contributed by atoms with van der Waals surface area (Å²) in [7, 11) is 8.66. The van der Waals surface area contributed by atoms with Crippen molar-refractivity contribution in [2.75, 3.05) is 48.5 Å². The number of benzene rings is 1. The molecule has 2 aromatic rings. The third kappa shape index (κ3) is 11.2. The largest absolute Gasteiger partial charge is 0.379 e. The van der Waals surface area contributed by atoms with Crippen molar-refractivity contribution in [3.8, 4) is 0 Å². The van der Waals surface area contributed by atoms with Gasteiger partial charge in [-0.25, -0.2) is 0 Å². The smallest absolute Gasteiger partial charge is 0.245 e. The molecule has 0 spiro atoms. The molecule has 12 heteroatoms. The number of likely N-dealkylation sites (N-methyl/N-ethyl adjacent to an activating group) is 2. The quantitative estimate of drug-likeness (QED) is 0.202. The molecule has 12 nitrogen and oxygen atoms in total. The lowest BCUT2D eigenvalue weighted by Crippen LogP contribution is -2.59. The van der Waals surface area contributed by atoms with Crippen LogP contribution in [0.1, 0.15) is 79.7 Å². The fourth-order valence-electron chi connectivity index (χ4n) is 8.19. The molecule has 2 heterocycles. The molecule has 1 aromatic carbocycles. The standard InChI is InChI=1S/C42H68N6O6/c1-13-28(6)38(47(10)42(52)36(26(2)3)45-41(51)37(27(4)5)46(8)9)34(53-11)24-35(49)48-22-14-15-33(48)39(54-12)29(7)40(50)44-21-18-30-16-17-32-25-43-20-19-31(32)23-30/h16-17,19-20,23,25-29,33-34,36-39H,13-15,18,21-22,24H2,1-12H3,(H,44,50)(H,45,51)/t28-,29+,33-,34+,36-,37?,38?,39+/m0/s1. The Morgan fingerprint density at radius 2 is 1.65 bits per heavy atom. The number of hydrogen-bond donors (Lipinski definition) is 2. The van der Waals surface area contributed by atoms with Crippen LogP contribution in [0.3, 0.4) is 0 Å². The van der Waals surface area contributed by atoms with Gasteiger partial charge in [-0.05, 0) is 68.1 Å². The van der Waals surface area contributed by atoms with Crippen LogP contribution in [0.2, 0.25) is 0 Å². The second-order valence-electron chi connectivity index (χ2n) is 16.1. The Kier molecular flexibility index (Phi) is 17.3. The number of likely N-dealkylation sites (tertiary alicyclic amines) is 1. The molecule has 0 saturated carbocycles. The number of amides is 4. The summed E-state index contributed by atoms with van der Waals surface area (Å²) in [6, 6.07) is 6.37. The molecule has 0 radical (unpaired) electrons. The van der Waals surface area contributed by atoms with Crippen LogP contribution in [-0.2, 0) is 35.1 Å². The Labute approximate surface area is 324 Å². The van der Waals surface area contributed by atoms with E-state index in [0.29, 0.717) is 19.5 Å². The highest BCUT2D eigenvalue weighted by Gasteiger charge is 2.43. The van der Waals surface area contributed by atoms with Gasteiger partial charge in [0.25, 0.3) is 0 Å². The van der Waals surface area contributed by atoms with Gasteiger partial charge in [0.1, 0.15) is 6.04 Å². The zero-order valence-corrected chi connectivity index (χ0v) is 34.9. The van der Waals surface area contributed by atoms with E-state index in [9.17, 15) is 19.2 Å². The van der Waals surface area contributed by atoms with E-state index < -0.39 is 30.2 Å². The summed E-state index contributed by atoms with van der Waals surface area (Å²) in [5.41, 5.74) is 1.13. The number of methoxy groups -OCH3 is 2. The third-order valence-corrected chi connectivity index (χ3v) is 11.4. The Balaban J connectivity index is 1.71. The predicted molar refractivity (Wildman–Crippen MR) is 214 cm³/mol. The Morgan fingerprint density at radius 1 is 0.944 bits per heavy atom. The molecule has 1 aromatic heterocycles. The SMILES string of the molecule is CC[C@H](C)C([C@@H](CC(=O)N1CCC[C@H]1[C@H](OC)[C@@H](C)C(=O)NCCc1ccc2cnccc2c1)OC)N(C)C(=O)[C@@H](NC(=O)C(C(C)C)N(C)C)C(C)C. The second kappa shape index (κ2) is 20.9. The highest BCUT2D eigenvalue weighted by atomic mass is 16.5. The summed E-state index contributed by atoms with van der Waals surface area (Å²) in [6.45, 7) is 14.8. The van der Waals surface area contributed by atoms with Gasteiger partial charge in [0.15, 0.2) is 0 Å². The minimum absolute atomic E-state index is 0.00170. The number of carbonyl (C=O) groups excluding carboxylic acids is 4. The van der Waals surface area contributed by atoms with Crippen molar-refractivity contribution in [3.05, 3.63) is 42.2 Å². The van der Waals surface area contributed by atoms with Crippen LogP contribution in [0.4, 0.5) is 0 Å². The first-order valence-corrected chi connectivity index (χ1v) is 19.8. The first kappa shape index (κ1) is 44.8. The van der Waals surface area contributed by atoms with Crippen LogP contribution in [0.15, 0.2) is 36.7 Å². The number of fused-ring (bicyclic) bond motifs is 1. The zero-order chi connectivity index (χ0) is 40.3. The van der Waals surface area contributed by atoms with Crippen molar-refractivity contribution in [2.24, 2.45) is 23.7 Å². The van der Waals surface area contributed by atoms with E-state index in [1.807, 2.05) is 76.8 Å². The third-order valence-electron chi connectivity index (χ3n) is 11.4. The lowest BCUT2D eigenvalue weighted by molar-refractivity contribution is -0.148. The number of pyridine rings is 1. The zero-order valence-electron chi connectivity index (χ0n) is 34.9. The molecule has 0 aliphatic carbocycles. The number of hydrogen-bond acceptors (Lipinski definition) is 8. The minimum Gasteiger partial charge on any atom is -0.379 e. The molecule has 302 valence electrons. The number of carbonyl (C=O) groups is 4. The first-order chi connectivity index (χ1) is 25.6. The van der Waals surface area contributed by atoms with Crippen molar-refractivity contribution in [1.82, 2.24) is 30.3 Å².